The van der Waals surface area contributed by atoms with Crippen LogP contribution in [0, 0.1) is 0 Å². The fourth-order valence-electron chi connectivity index (χ4n) is 2.82. The van der Waals surface area contributed by atoms with Gasteiger partial charge in [0.25, 0.3) is 7.82 Å². The van der Waals surface area contributed by atoms with Crippen molar-refractivity contribution in [2.75, 3.05) is 6.73 Å². The van der Waals surface area contributed by atoms with Gasteiger partial charge in [-0.25, -0.2) is 0 Å². The molecule has 2 aromatic heterocycles. The highest BCUT2D eigenvalue weighted by molar-refractivity contribution is 7.44. The van der Waals surface area contributed by atoms with E-state index in [1.54, 1.807) is 30.6 Å². The number of nitrogens with two attached hydrogens (primary N) is 1. The Morgan fingerprint density at radius 2 is 1.94 bits per heavy atom. The molecular weight excluding hydrogens is 431 g/mol. The van der Waals surface area contributed by atoms with Gasteiger partial charge in [0.15, 0.2) is 5.76 Å². The minimum Gasteiger partial charge on any atom is -0.756 e. The largest absolute Gasteiger partial charge is 0.756 e. The van der Waals surface area contributed by atoms with Gasteiger partial charge in [-0.1, -0.05) is 36.0 Å². The van der Waals surface area contributed by atoms with Crippen LogP contribution in [0.1, 0.15) is 17.0 Å². The van der Waals surface area contributed by atoms with Gasteiger partial charge in [-0.05, 0) is 47.2 Å². The highest BCUT2D eigenvalue weighted by Crippen LogP contribution is 2.29. The van der Waals surface area contributed by atoms with E-state index in [1.165, 1.54) is 6.20 Å². The molecule has 1 aromatic carbocycles. The number of rotatable bonds is 10. The Morgan fingerprint density at radius 3 is 2.59 bits per heavy atom. The molecule has 4 N–H and O–H groups in total. The van der Waals surface area contributed by atoms with E-state index in [4.69, 9.17) is 15.2 Å². The third-order valence-corrected chi connectivity index (χ3v) is 4.77. The van der Waals surface area contributed by atoms with Gasteiger partial charge in [0.2, 0.25) is 0 Å². The Kier molecular flexibility index (Phi) is 7.75. The minimum absolute atomic E-state index is 0.273. The van der Waals surface area contributed by atoms with Crippen molar-refractivity contribution in [3.63, 3.8) is 0 Å². The lowest BCUT2D eigenvalue weighted by atomic mass is 10.0. The van der Waals surface area contributed by atoms with E-state index in [0.29, 0.717) is 17.8 Å². The number of phosphoric acid groups is 1. The van der Waals surface area contributed by atoms with Crippen LogP contribution in [0.4, 0.5) is 0 Å². The number of allylic oxidation sites excluding steroid dienone is 3. The van der Waals surface area contributed by atoms with Gasteiger partial charge in [-0.15, -0.1) is 0 Å². The summed E-state index contributed by atoms with van der Waals surface area (Å²) >= 11 is 0. The van der Waals surface area contributed by atoms with E-state index < -0.39 is 14.6 Å². The SMILES string of the molecule is C=C(N)/C(=C\C=C/NCOP(=O)([O-])O)c1cc(Cc2ccc(-c3ccncc3)cc2)no1. The molecule has 32 heavy (non-hydrogen) atoms. The second kappa shape index (κ2) is 10.7. The summed E-state index contributed by atoms with van der Waals surface area (Å²) in [6, 6.07) is 13.9. The topological polar surface area (TPSA) is 147 Å². The first-order valence-corrected chi connectivity index (χ1v) is 11.0. The summed E-state index contributed by atoms with van der Waals surface area (Å²) in [5, 5.41) is 6.65. The molecule has 0 fully saturated rings. The minimum atomic E-state index is -4.76. The van der Waals surface area contributed by atoms with Crippen LogP contribution in [-0.2, 0) is 15.5 Å². The van der Waals surface area contributed by atoms with Gasteiger partial charge in [0, 0.05) is 36.2 Å². The van der Waals surface area contributed by atoms with Gasteiger partial charge in [-0.2, -0.15) is 0 Å². The van der Waals surface area contributed by atoms with Crippen LogP contribution in [0.3, 0.4) is 0 Å². The van der Waals surface area contributed by atoms with Crippen molar-refractivity contribution in [3.8, 4) is 11.1 Å². The van der Waals surface area contributed by atoms with E-state index in [2.05, 4.69) is 26.6 Å². The van der Waals surface area contributed by atoms with E-state index in [-0.39, 0.29) is 5.70 Å². The predicted octanol–water partition coefficient (Wildman–Crippen LogP) is 2.72. The second-order valence-electron chi connectivity index (χ2n) is 6.70. The predicted molar refractivity (Wildman–Crippen MR) is 118 cm³/mol. The van der Waals surface area contributed by atoms with Gasteiger partial charge < -0.3 is 25.4 Å². The average molecular weight is 453 g/mol. The number of benzene rings is 1. The number of aromatic nitrogens is 2. The van der Waals surface area contributed by atoms with Gasteiger partial charge in [-0.3, -0.25) is 14.1 Å². The van der Waals surface area contributed by atoms with Crippen LogP contribution < -0.4 is 15.9 Å². The molecule has 10 heteroatoms. The van der Waals surface area contributed by atoms with Crippen LogP contribution in [0.15, 0.2) is 90.0 Å². The zero-order valence-corrected chi connectivity index (χ0v) is 17.9. The van der Waals surface area contributed by atoms with Crippen molar-refractivity contribution in [1.29, 1.82) is 0 Å². The highest BCUT2D eigenvalue weighted by Gasteiger charge is 2.11. The average Bonchev–Trinajstić information content (AvgIpc) is 3.21. The molecule has 0 aliphatic rings. The molecule has 0 radical (unpaired) electrons. The molecule has 1 unspecified atom stereocenters. The number of hydrogen-bond donors (Lipinski definition) is 3. The smallest absolute Gasteiger partial charge is 0.266 e. The van der Waals surface area contributed by atoms with Crippen molar-refractivity contribution in [2.45, 2.75) is 6.42 Å². The van der Waals surface area contributed by atoms with E-state index >= 15 is 0 Å². The number of nitrogens with one attached hydrogen (secondary N) is 1. The van der Waals surface area contributed by atoms with Crippen molar-refractivity contribution in [3.05, 3.63) is 103 Å². The highest BCUT2D eigenvalue weighted by atomic mass is 31.2. The summed E-state index contributed by atoms with van der Waals surface area (Å²) < 4.78 is 20.1. The molecule has 166 valence electrons. The molecule has 0 spiro atoms. The fourth-order valence-corrected chi connectivity index (χ4v) is 3.06. The summed E-state index contributed by atoms with van der Waals surface area (Å²) in [4.78, 5) is 23.0. The summed E-state index contributed by atoms with van der Waals surface area (Å²) in [5.74, 6) is 0.446. The van der Waals surface area contributed by atoms with Crippen LogP contribution in [0.25, 0.3) is 16.7 Å². The number of pyridine rings is 1. The van der Waals surface area contributed by atoms with Crippen molar-refractivity contribution >= 4 is 13.4 Å². The van der Waals surface area contributed by atoms with Crippen molar-refractivity contribution in [1.82, 2.24) is 15.5 Å². The molecule has 1 atom stereocenters. The van der Waals surface area contributed by atoms with Gasteiger partial charge in [0.1, 0.15) is 6.73 Å². The van der Waals surface area contributed by atoms with E-state index in [9.17, 15) is 9.46 Å². The van der Waals surface area contributed by atoms with E-state index in [1.807, 2.05) is 36.4 Å². The number of phosphoric ester groups is 1. The molecule has 9 nitrogen and oxygen atoms in total. The Hall–Kier alpha value is -3.49. The lowest BCUT2D eigenvalue weighted by Crippen LogP contribution is -2.13. The Bertz CT molecular complexity index is 1150. The standard InChI is InChI=1S/C22H23N4O5P/c1-16(23)21(3-2-10-25-15-30-32(27,28)29)22-14-20(26-31-22)13-17-4-6-18(7-5-17)19-8-11-24-12-9-19/h2-12,14,25H,1,13,15,23H2,(H2,27,28,29)/p-1/b10-2-,21-3+. The molecule has 0 aliphatic carbocycles. The van der Waals surface area contributed by atoms with Crippen LogP contribution in [-0.4, -0.2) is 21.8 Å². The molecule has 0 amide bonds. The van der Waals surface area contributed by atoms with Crippen LogP contribution >= 0.6 is 7.82 Å². The van der Waals surface area contributed by atoms with Crippen LogP contribution in [0.2, 0.25) is 0 Å². The summed E-state index contributed by atoms with van der Waals surface area (Å²) in [5.41, 5.74) is 10.6. The monoisotopic (exact) mass is 453 g/mol. The third-order valence-electron chi connectivity index (χ3n) is 4.31. The third kappa shape index (κ3) is 7.04. The first kappa shape index (κ1) is 23.2. The molecule has 0 bridgehead atoms. The fraction of sp³-hybridized carbons (Fsp3) is 0.0909. The van der Waals surface area contributed by atoms with Crippen molar-refractivity contribution in [2.24, 2.45) is 5.73 Å². The molecule has 3 aromatic rings. The maximum absolute atomic E-state index is 10.5. The molecule has 0 saturated heterocycles. The Balaban J connectivity index is 1.63. The maximum Gasteiger partial charge on any atom is 0.266 e. The molecule has 0 aliphatic heterocycles. The summed E-state index contributed by atoms with van der Waals surface area (Å²) in [7, 11) is -4.76. The van der Waals surface area contributed by atoms with Gasteiger partial charge >= 0.3 is 0 Å². The van der Waals surface area contributed by atoms with Crippen LogP contribution in [0.5, 0.6) is 0 Å². The first-order valence-electron chi connectivity index (χ1n) is 9.50. The maximum atomic E-state index is 10.5. The Labute approximate surface area is 185 Å². The summed E-state index contributed by atoms with van der Waals surface area (Å²) in [6.07, 6.45) is 8.70. The molecule has 3 rings (SSSR count). The van der Waals surface area contributed by atoms with Gasteiger partial charge in [0.05, 0.1) is 5.69 Å². The zero-order chi connectivity index (χ0) is 23.0. The van der Waals surface area contributed by atoms with Crippen molar-refractivity contribution < 1.29 is 23.4 Å². The zero-order valence-electron chi connectivity index (χ0n) is 17.0. The molecular formula is C22H22N4O5P-. The quantitative estimate of drug-likeness (QED) is 0.182. The second-order valence-corrected chi connectivity index (χ2v) is 7.90. The Morgan fingerprint density at radius 1 is 1.25 bits per heavy atom. The normalized spacial score (nSPS) is 13.8. The number of hydrogen-bond acceptors (Lipinski definition) is 8. The first-order chi connectivity index (χ1) is 15.3. The molecule has 0 saturated carbocycles. The lowest BCUT2D eigenvalue weighted by molar-refractivity contribution is -0.220. The lowest BCUT2D eigenvalue weighted by Gasteiger charge is -2.14. The van der Waals surface area contributed by atoms with E-state index in [0.717, 1.165) is 22.4 Å². The number of nitrogens with zero attached hydrogens (tertiary/aromatic N) is 2. The summed E-state index contributed by atoms with van der Waals surface area (Å²) in [6.45, 7) is 3.33. The molecule has 2 heterocycles.